The van der Waals surface area contributed by atoms with Crippen LogP contribution in [0.15, 0.2) is 11.4 Å². The third-order valence-electron chi connectivity index (χ3n) is 2.07. The Labute approximate surface area is 64.9 Å². The van der Waals surface area contributed by atoms with Crippen LogP contribution in [0, 0.1) is 0 Å². The highest BCUT2D eigenvalue weighted by Crippen LogP contribution is 2.24. The van der Waals surface area contributed by atoms with Gasteiger partial charge in [0.1, 0.15) is 0 Å². The van der Waals surface area contributed by atoms with E-state index in [9.17, 15) is 0 Å². The minimum Gasteiger partial charge on any atom is -0.327 e. The Bertz CT molecular complexity index is 229. The molecule has 1 heterocycles. The first-order chi connectivity index (χ1) is 4.86. The maximum atomic E-state index is 5.82. The summed E-state index contributed by atoms with van der Waals surface area (Å²) in [5.41, 5.74) is 7.35. The Morgan fingerprint density at radius 1 is 1.60 bits per heavy atom. The van der Waals surface area contributed by atoms with Gasteiger partial charge in [-0.05, 0) is 36.3 Å². The molecule has 1 aliphatic carbocycles. The zero-order chi connectivity index (χ0) is 6.97. The molecule has 0 spiro atoms. The summed E-state index contributed by atoms with van der Waals surface area (Å²) >= 11 is 1.85. The summed E-state index contributed by atoms with van der Waals surface area (Å²) < 4.78 is 0. The van der Waals surface area contributed by atoms with Crippen LogP contribution in [0.2, 0.25) is 0 Å². The molecule has 1 unspecified atom stereocenters. The van der Waals surface area contributed by atoms with E-state index in [2.05, 4.69) is 11.4 Å². The van der Waals surface area contributed by atoms with Crippen molar-refractivity contribution in [2.75, 3.05) is 0 Å². The van der Waals surface area contributed by atoms with Gasteiger partial charge in [0.15, 0.2) is 0 Å². The Morgan fingerprint density at radius 3 is 3.40 bits per heavy atom. The highest BCUT2D eigenvalue weighted by Gasteiger charge is 2.15. The molecule has 1 atom stereocenters. The minimum atomic E-state index is 0.422. The van der Waals surface area contributed by atoms with Crippen LogP contribution in [-0.4, -0.2) is 6.04 Å². The number of rotatable bonds is 0. The van der Waals surface area contributed by atoms with Crippen molar-refractivity contribution in [3.05, 3.63) is 21.9 Å². The summed E-state index contributed by atoms with van der Waals surface area (Å²) in [4.78, 5) is 1.51. The van der Waals surface area contributed by atoms with Crippen molar-refractivity contribution in [2.24, 2.45) is 5.73 Å². The van der Waals surface area contributed by atoms with E-state index >= 15 is 0 Å². The van der Waals surface area contributed by atoms with E-state index in [1.165, 1.54) is 23.3 Å². The lowest BCUT2D eigenvalue weighted by Gasteiger charge is -2.17. The molecule has 1 aromatic rings. The molecule has 2 heteroatoms. The maximum Gasteiger partial charge on any atom is 0.00926 e. The lowest BCUT2D eigenvalue weighted by molar-refractivity contribution is 0.584. The highest BCUT2D eigenvalue weighted by molar-refractivity contribution is 7.10. The summed E-state index contributed by atoms with van der Waals surface area (Å²) in [6, 6.07) is 2.65. The molecule has 2 N–H and O–H groups in total. The molecule has 54 valence electrons. The van der Waals surface area contributed by atoms with Crippen LogP contribution in [-0.2, 0) is 12.8 Å². The van der Waals surface area contributed by atoms with Crippen LogP contribution in [0.3, 0.4) is 0 Å². The second-order valence-corrected chi connectivity index (χ2v) is 3.87. The molecule has 0 aromatic carbocycles. The van der Waals surface area contributed by atoms with E-state index in [1.54, 1.807) is 0 Å². The fourth-order valence-electron chi connectivity index (χ4n) is 1.45. The van der Waals surface area contributed by atoms with Crippen molar-refractivity contribution in [1.29, 1.82) is 0 Å². The van der Waals surface area contributed by atoms with Crippen LogP contribution in [0.4, 0.5) is 0 Å². The molecule has 0 saturated carbocycles. The summed E-state index contributed by atoms with van der Waals surface area (Å²) in [6.45, 7) is 0. The van der Waals surface area contributed by atoms with E-state index < -0.39 is 0 Å². The molecular weight excluding hydrogens is 142 g/mol. The Balaban J connectivity index is 2.30. The van der Waals surface area contributed by atoms with Gasteiger partial charge in [-0.25, -0.2) is 0 Å². The zero-order valence-electron chi connectivity index (χ0n) is 5.84. The molecule has 1 aromatic heterocycles. The molecule has 1 nitrogen and oxygen atoms in total. The van der Waals surface area contributed by atoms with E-state index in [0.717, 1.165) is 6.42 Å². The van der Waals surface area contributed by atoms with Gasteiger partial charge in [-0.1, -0.05) is 0 Å². The van der Waals surface area contributed by atoms with Crippen LogP contribution in [0.1, 0.15) is 16.9 Å². The molecule has 0 fully saturated rings. The normalized spacial score (nSPS) is 24.3. The molecule has 0 radical (unpaired) electrons. The monoisotopic (exact) mass is 153 g/mol. The quantitative estimate of drug-likeness (QED) is 0.601. The Kier molecular flexibility index (Phi) is 1.51. The molecule has 1 aliphatic rings. The summed E-state index contributed by atoms with van der Waals surface area (Å²) in [5.74, 6) is 0. The fourth-order valence-corrected chi connectivity index (χ4v) is 2.48. The van der Waals surface area contributed by atoms with E-state index in [4.69, 9.17) is 5.73 Å². The zero-order valence-corrected chi connectivity index (χ0v) is 6.66. The van der Waals surface area contributed by atoms with Gasteiger partial charge in [0.05, 0.1) is 0 Å². The topological polar surface area (TPSA) is 26.0 Å². The Morgan fingerprint density at radius 2 is 2.50 bits per heavy atom. The van der Waals surface area contributed by atoms with Crippen molar-refractivity contribution >= 4 is 11.3 Å². The van der Waals surface area contributed by atoms with Crippen LogP contribution >= 0.6 is 11.3 Å². The molecule has 10 heavy (non-hydrogen) atoms. The Hall–Kier alpha value is -0.340. The molecule has 0 saturated heterocycles. The highest BCUT2D eigenvalue weighted by atomic mass is 32.1. The minimum absolute atomic E-state index is 0.422. The molecule has 0 amide bonds. The van der Waals surface area contributed by atoms with Gasteiger partial charge in [0, 0.05) is 10.9 Å². The SMILES string of the molecule is NC1CCc2ccsc2C1. The van der Waals surface area contributed by atoms with Gasteiger partial charge in [-0.3, -0.25) is 0 Å². The van der Waals surface area contributed by atoms with Crippen LogP contribution in [0.25, 0.3) is 0 Å². The van der Waals surface area contributed by atoms with Crippen molar-refractivity contribution < 1.29 is 0 Å². The predicted octanol–water partition coefficient (Wildman–Crippen LogP) is 1.56. The number of nitrogens with two attached hydrogens (primary N) is 1. The summed E-state index contributed by atoms with van der Waals surface area (Å²) in [7, 11) is 0. The first kappa shape index (κ1) is 6.38. The number of fused-ring (bicyclic) bond motifs is 1. The molecule has 0 aliphatic heterocycles. The average molecular weight is 153 g/mol. The van der Waals surface area contributed by atoms with Gasteiger partial charge in [-0.15, -0.1) is 11.3 Å². The van der Waals surface area contributed by atoms with Gasteiger partial charge in [0.2, 0.25) is 0 Å². The first-order valence-corrected chi connectivity index (χ1v) is 4.55. The van der Waals surface area contributed by atoms with Gasteiger partial charge >= 0.3 is 0 Å². The maximum absolute atomic E-state index is 5.82. The fraction of sp³-hybridized carbons (Fsp3) is 0.500. The van der Waals surface area contributed by atoms with Crippen molar-refractivity contribution in [1.82, 2.24) is 0 Å². The van der Waals surface area contributed by atoms with E-state index in [1.807, 2.05) is 11.3 Å². The number of hydrogen-bond donors (Lipinski definition) is 1. The lowest BCUT2D eigenvalue weighted by Crippen LogP contribution is -2.26. The van der Waals surface area contributed by atoms with Gasteiger partial charge < -0.3 is 5.73 Å². The third kappa shape index (κ3) is 0.976. The first-order valence-electron chi connectivity index (χ1n) is 3.67. The van der Waals surface area contributed by atoms with Crippen molar-refractivity contribution in [2.45, 2.75) is 25.3 Å². The second-order valence-electron chi connectivity index (χ2n) is 2.87. The molecule has 0 bridgehead atoms. The number of hydrogen-bond acceptors (Lipinski definition) is 2. The predicted molar refractivity (Wildman–Crippen MR) is 44.3 cm³/mol. The van der Waals surface area contributed by atoms with E-state index in [-0.39, 0.29) is 0 Å². The van der Waals surface area contributed by atoms with Crippen molar-refractivity contribution in [3.63, 3.8) is 0 Å². The van der Waals surface area contributed by atoms with Crippen LogP contribution < -0.4 is 5.73 Å². The third-order valence-corrected chi connectivity index (χ3v) is 3.06. The number of aryl methyl sites for hydroxylation is 1. The summed E-state index contributed by atoms with van der Waals surface area (Å²) in [5, 5.41) is 2.17. The smallest absolute Gasteiger partial charge is 0.00926 e. The van der Waals surface area contributed by atoms with Gasteiger partial charge in [-0.2, -0.15) is 0 Å². The summed E-state index contributed by atoms with van der Waals surface area (Å²) in [6.07, 6.45) is 3.47. The number of thiophene rings is 1. The molecule has 2 rings (SSSR count). The van der Waals surface area contributed by atoms with Crippen LogP contribution in [0.5, 0.6) is 0 Å². The standard InChI is InChI=1S/C8H11NS/c9-7-2-1-6-3-4-10-8(6)5-7/h3-4,7H,1-2,5,9H2. The largest absolute Gasteiger partial charge is 0.327 e. The van der Waals surface area contributed by atoms with Crippen molar-refractivity contribution in [3.8, 4) is 0 Å². The van der Waals surface area contributed by atoms with E-state index in [0.29, 0.717) is 6.04 Å². The van der Waals surface area contributed by atoms with Gasteiger partial charge in [0.25, 0.3) is 0 Å². The lowest BCUT2D eigenvalue weighted by atomic mass is 9.96. The molecular formula is C8H11NS. The average Bonchev–Trinajstić information content (AvgIpc) is 2.33. The second kappa shape index (κ2) is 2.36.